The van der Waals surface area contributed by atoms with Gasteiger partial charge in [0.25, 0.3) is 0 Å². The monoisotopic (exact) mass is 421 g/mol. The SMILES string of the molecule is CCOC(=O)C(C)(CCOC)C[C@H](N)Cc1ccc(-c2cc(Cl)ccc2F)cc1. The van der Waals surface area contributed by atoms with Gasteiger partial charge in [-0.05, 0) is 62.4 Å². The zero-order chi connectivity index (χ0) is 21.4. The number of carbonyl (C=O) groups is 1. The van der Waals surface area contributed by atoms with Crippen LogP contribution in [0.2, 0.25) is 5.02 Å². The fraction of sp³-hybridized carbons (Fsp3) is 0.435. The van der Waals surface area contributed by atoms with Crippen LogP contribution in [0.15, 0.2) is 42.5 Å². The molecule has 0 radical (unpaired) electrons. The van der Waals surface area contributed by atoms with E-state index in [1.165, 1.54) is 12.1 Å². The van der Waals surface area contributed by atoms with Gasteiger partial charge < -0.3 is 15.2 Å². The summed E-state index contributed by atoms with van der Waals surface area (Å²) < 4.78 is 24.5. The predicted octanol–water partition coefficient (Wildman–Crippen LogP) is 5.01. The highest BCUT2D eigenvalue weighted by atomic mass is 35.5. The van der Waals surface area contributed by atoms with Gasteiger partial charge in [-0.1, -0.05) is 35.9 Å². The lowest BCUT2D eigenvalue weighted by Gasteiger charge is -2.29. The van der Waals surface area contributed by atoms with Crippen molar-refractivity contribution in [2.24, 2.45) is 11.1 Å². The number of halogens is 2. The molecule has 2 rings (SSSR count). The van der Waals surface area contributed by atoms with E-state index >= 15 is 0 Å². The van der Waals surface area contributed by atoms with Crippen LogP contribution >= 0.6 is 11.6 Å². The van der Waals surface area contributed by atoms with E-state index in [1.54, 1.807) is 20.1 Å². The topological polar surface area (TPSA) is 61.5 Å². The average Bonchev–Trinajstić information content (AvgIpc) is 2.69. The van der Waals surface area contributed by atoms with Crippen LogP contribution in [-0.2, 0) is 20.7 Å². The summed E-state index contributed by atoms with van der Waals surface area (Å²) in [4.78, 5) is 12.4. The molecule has 0 aliphatic heterocycles. The Morgan fingerprint density at radius 1 is 1.24 bits per heavy atom. The number of hydrogen-bond acceptors (Lipinski definition) is 4. The number of rotatable bonds is 10. The quantitative estimate of drug-likeness (QED) is 0.547. The Balaban J connectivity index is 2.08. The lowest BCUT2D eigenvalue weighted by Crippen LogP contribution is -2.38. The minimum absolute atomic E-state index is 0.227. The molecule has 1 unspecified atom stereocenters. The Bertz CT molecular complexity index is 812. The molecular weight excluding hydrogens is 393 g/mol. The Kier molecular flexibility index (Phi) is 8.62. The largest absolute Gasteiger partial charge is 0.466 e. The van der Waals surface area contributed by atoms with Crippen molar-refractivity contribution in [3.05, 3.63) is 58.9 Å². The Labute approximate surface area is 177 Å². The number of methoxy groups -OCH3 is 1. The van der Waals surface area contributed by atoms with Gasteiger partial charge in [-0.3, -0.25) is 4.79 Å². The van der Waals surface area contributed by atoms with Crippen LogP contribution in [0.1, 0.15) is 32.3 Å². The first kappa shape index (κ1) is 23.3. The third-order valence-corrected chi connectivity index (χ3v) is 5.27. The molecule has 29 heavy (non-hydrogen) atoms. The van der Waals surface area contributed by atoms with Gasteiger partial charge in [0, 0.05) is 30.3 Å². The Morgan fingerprint density at radius 2 is 1.93 bits per heavy atom. The average molecular weight is 422 g/mol. The first-order valence-electron chi connectivity index (χ1n) is 9.75. The van der Waals surface area contributed by atoms with E-state index in [-0.39, 0.29) is 17.8 Å². The molecule has 6 heteroatoms. The summed E-state index contributed by atoms with van der Waals surface area (Å²) in [6, 6.07) is 11.8. The van der Waals surface area contributed by atoms with E-state index in [4.69, 9.17) is 26.8 Å². The number of ether oxygens (including phenoxy) is 2. The standard InChI is InChI=1S/C23H29ClFNO3/c1-4-29-22(27)23(2,11-12-28-3)15-19(26)13-16-5-7-17(8-6-16)20-14-18(24)9-10-21(20)25/h5-10,14,19H,4,11-13,15,26H2,1-3H3/t19-,23?/m1/s1. The van der Waals surface area contributed by atoms with Gasteiger partial charge >= 0.3 is 5.97 Å². The van der Waals surface area contributed by atoms with E-state index in [0.29, 0.717) is 43.1 Å². The van der Waals surface area contributed by atoms with Gasteiger partial charge in [0.2, 0.25) is 0 Å². The second-order valence-electron chi connectivity index (χ2n) is 7.51. The highest BCUT2D eigenvalue weighted by molar-refractivity contribution is 6.30. The van der Waals surface area contributed by atoms with Crippen molar-refractivity contribution in [1.82, 2.24) is 0 Å². The van der Waals surface area contributed by atoms with Gasteiger partial charge in [0.1, 0.15) is 5.82 Å². The first-order valence-corrected chi connectivity index (χ1v) is 10.1. The molecule has 0 saturated heterocycles. The lowest BCUT2D eigenvalue weighted by atomic mass is 9.79. The molecule has 0 fully saturated rings. The molecule has 0 heterocycles. The van der Waals surface area contributed by atoms with Crippen molar-refractivity contribution in [3.8, 4) is 11.1 Å². The van der Waals surface area contributed by atoms with Crippen LogP contribution in [0.3, 0.4) is 0 Å². The highest BCUT2D eigenvalue weighted by Crippen LogP contribution is 2.31. The van der Waals surface area contributed by atoms with Gasteiger partial charge in [0.05, 0.1) is 12.0 Å². The molecule has 0 bridgehead atoms. The van der Waals surface area contributed by atoms with Crippen molar-refractivity contribution in [2.45, 2.75) is 39.2 Å². The van der Waals surface area contributed by atoms with Gasteiger partial charge in [0.15, 0.2) is 0 Å². The number of benzene rings is 2. The molecule has 0 amide bonds. The third-order valence-electron chi connectivity index (χ3n) is 5.03. The first-order chi connectivity index (χ1) is 13.8. The van der Waals surface area contributed by atoms with E-state index in [1.807, 2.05) is 31.2 Å². The summed E-state index contributed by atoms with van der Waals surface area (Å²) in [5.74, 6) is -0.568. The molecule has 0 aliphatic rings. The predicted molar refractivity (Wildman–Crippen MR) is 114 cm³/mol. The van der Waals surface area contributed by atoms with Crippen LogP contribution < -0.4 is 5.73 Å². The molecule has 0 aliphatic carbocycles. The summed E-state index contributed by atoms with van der Waals surface area (Å²) in [6.07, 6.45) is 1.63. The maximum atomic E-state index is 14.1. The summed E-state index contributed by atoms with van der Waals surface area (Å²) >= 11 is 5.98. The van der Waals surface area contributed by atoms with Gasteiger partial charge in [-0.25, -0.2) is 4.39 Å². The number of carbonyl (C=O) groups excluding carboxylic acids is 1. The summed E-state index contributed by atoms with van der Waals surface area (Å²) in [6.45, 7) is 4.45. The lowest BCUT2D eigenvalue weighted by molar-refractivity contribution is -0.156. The van der Waals surface area contributed by atoms with E-state index < -0.39 is 5.41 Å². The summed E-state index contributed by atoms with van der Waals surface area (Å²) in [5, 5.41) is 0.488. The zero-order valence-corrected chi connectivity index (χ0v) is 18.0. The van der Waals surface area contributed by atoms with Gasteiger partial charge in [-0.15, -0.1) is 0 Å². The molecule has 2 N–H and O–H groups in total. The van der Waals surface area contributed by atoms with Crippen molar-refractivity contribution < 1.29 is 18.7 Å². The molecule has 4 nitrogen and oxygen atoms in total. The second-order valence-corrected chi connectivity index (χ2v) is 7.95. The molecule has 0 spiro atoms. The Hall–Kier alpha value is -1.95. The second kappa shape index (κ2) is 10.7. The van der Waals surface area contributed by atoms with E-state index in [0.717, 1.165) is 11.1 Å². The van der Waals surface area contributed by atoms with Crippen LogP contribution in [0, 0.1) is 11.2 Å². The zero-order valence-electron chi connectivity index (χ0n) is 17.2. The normalized spacial score (nSPS) is 14.3. The molecule has 2 aromatic carbocycles. The van der Waals surface area contributed by atoms with Crippen molar-refractivity contribution in [3.63, 3.8) is 0 Å². The molecule has 2 atom stereocenters. The van der Waals surface area contributed by atoms with Crippen molar-refractivity contribution in [2.75, 3.05) is 20.3 Å². The summed E-state index contributed by atoms with van der Waals surface area (Å²) in [5.41, 5.74) is 7.89. The van der Waals surface area contributed by atoms with E-state index in [9.17, 15) is 9.18 Å². The van der Waals surface area contributed by atoms with Crippen LogP contribution in [0.4, 0.5) is 4.39 Å². The molecule has 2 aromatic rings. The van der Waals surface area contributed by atoms with E-state index in [2.05, 4.69) is 0 Å². The number of esters is 1. The molecular formula is C23H29ClFNO3. The Morgan fingerprint density at radius 3 is 2.55 bits per heavy atom. The van der Waals surface area contributed by atoms with Crippen LogP contribution in [0.5, 0.6) is 0 Å². The maximum Gasteiger partial charge on any atom is 0.311 e. The van der Waals surface area contributed by atoms with Gasteiger partial charge in [-0.2, -0.15) is 0 Å². The highest BCUT2D eigenvalue weighted by Gasteiger charge is 2.36. The fourth-order valence-corrected chi connectivity index (χ4v) is 3.58. The number of nitrogens with two attached hydrogens (primary N) is 1. The molecule has 158 valence electrons. The minimum Gasteiger partial charge on any atom is -0.466 e. The summed E-state index contributed by atoms with van der Waals surface area (Å²) in [7, 11) is 1.61. The maximum absolute atomic E-state index is 14.1. The van der Waals surface area contributed by atoms with Crippen molar-refractivity contribution >= 4 is 17.6 Å². The molecule has 0 saturated carbocycles. The number of hydrogen-bond donors (Lipinski definition) is 1. The van der Waals surface area contributed by atoms with Crippen molar-refractivity contribution in [1.29, 1.82) is 0 Å². The van der Waals surface area contributed by atoms with Crippen LogP contribution in [-0.4, -0.2) is 32.3 Å². The van der Waals surface area contributed by atoms with Crippen LogP contribution in [0.25, 0.3) is 11.1 Å². The smallest absolute Gasteiger partial charge is 0.311 e. The fourth-order valence-electron chi connectivity index (χ4n) is 3.41. The minimum atomic E-state index is -0.699. The third kappa shape index (κ3) is 6.53. The molecule has 0 aromatic heterocycles.